The van der Waals surface area contributed by atoms with Gasteiger partial charge in [-0.15, -0.1) is 0 Å². The first-order valence-corrected chi connectivity index (χ1v) is 6.67. The minimum absolute atomic E-state index is 0.0698. The Morgan fingerprint density at radius 1 is 1.67 bits per heavy atom. The lowest BCUT2D eigenvalue weighted by molar-refractivity contribution is -0.117. The predicted octanol–water partition coefficient (Wildman–Crippen LogP) is 1.68. The fourth-order valence-corrected chi connectivity index (χ4v) is 2.49. The van der Waals surface area contributed by atoms with Crippen LogP contribution in [0.25, 0.3) is 0 Å². The first-order valence-electron chi connectivity index (χ1n) is 6.67. The maximum atomic E-state index is 11.9. The average molecular weight is 250 g/mol. The van der Waals surface area contributed by atoms with Crippen molar-refractivity contribution >= 4 is 11.7 Å². The first kappa shape index (κ1) is 13.1. The van der Waals surface area contributed by atoms with Crippen LogP contribution in [-0.2, 0) is 4.79 Å². The highest BCUT2D eigenvalue weighted by molar-refractivity contribution is 5.90. The third-order valence-electron chi connectivity index (χ3n) is 3.74. The number of rotatable bonds is 4. The van der Waals surface area contributed by atoms with Crippen molar-refractivity contribution in [1.29, 1.82) is 0 Å². The van der Waals surface area contributed by atoms with Gasteiger partial charge >= 0.3 is 0 Å². The highest BCUT2D eigenvalue weighted by Gasteiger charge is 2.22. The lowest BCUT2D eigenvalue weighted by Gasteiger charge is -2.27. The zero-order valence-corrected chi connectivity index (χ0v) is 11.1. The maximum absolute atomic E-state index is 11.9. The van der Waals surface area contributed by atoms with Crippen molar-refractivity contribution in [2.45, 2.75) is 33.1 Å². The second-order valence-corrected chi connectivity index (χ2v) is 5.26. The highest BCUT2D eigenvalue weighted by atomic mass is 16.1. The minimum atomic E-state index is 0.0698. The highest BCUT2D eigenvalue weighted by Crippen LogP contribution is 2.23. The van der Waals surface area contributed by atoms with Crippen molar-refractivity contribution in [3.8, 4) is 0 Å². The smallest absolute Gasteiger partial charge is 0.225 e. The zero-order chi connectivity index (χ0) is 13.0. The number of anilines is 1. The van der Waals surface area contributed by atoms with Crippen LogP contribution in [0.1, 0.15) is 31.7 Å². The maximum Gasteiger partial charge on any atom is 0.225 e. The summed E-state index contributed by atoms with van der Waals surface area (Å²) in [7, 11) is 0. The summed E-state index contributed by atoms with van der Waals surface area (Å²) in [6, 6.07) is 0. The topological polar surface area (TPSA) is 69.8 Å². The molecule has 2 unspecified atom stereocenters. The van der Waals surface area contributed by atoms with Crippen LogP contribution in [0.2, 0.25) is 0 Å². The van der Waals surface area contributed by atoms with Crippen LogP contribution >= 0.6 is 0 Å². The van der Waals surface area contributed by atoms with E-state index in [-0.39, 0.29) is 5.91 Å². The number of hydrogen-bond donors (Lipinski definition) is 3. The Morgan fingerprint density at radius 2 is 2.50 bits per heavy atom. The summed E-state index contributed by atoms with van der Waals surface area (Å²) in [6.07, 6.45) is 4.73. The van der Waals surface area contributed by atoms with Crippen LogP contribution in [0.5, 0.6) is 0 Å². The van der Waals surface area contributed by atoms with Crippen LogP contribution in [0.4, 0.5) is 5.82 Å². The van der Waals surface area contributed by atoms with Gasteiger partial charge in [0.1, 0.15) is 5.82 Å². The van der Waals surface area contributed by atoms with Gasteiger partial charge in [-0.1, -0.05) is 6.92 Å². The number of aromatic amines is 1. The van der Waals surface area contributed by atoms with Gasteiger partial charge in [0.25, 0.3) is 0 Å². The van der Waals surface area contributed by atoms with Gasteiger partial charge in [-0.3, -0.25) is 9.89 Å². The SMILES string of the molecule is Cc1cn[nH]c1NC(=O)CC(C)C1CCCNC1. The molecule has 1 fully saturated rings. The molecule has 2 atom stereocenters. The molecule has 0 saturated carbocycles. The number of carbonyl (C=O) groups is 1. The van der Waals surface area contributed by atoms with Gasteiger partial charge in [-0.05, 0) is 44.7 Å². The fourth-order valence-electron chi connectivity index (χ4n) is 2.49. The zero-order valence-electron chi connectivity index (χ0n) is 11.1. The molecule has 5 heteroatoms. The Hall–Kier alpha value is -1.36. The van der Waals surface area contributed by atoms with E-state index in [9.17, 15) is 4.79 Å². The number of hydrogen-bond acceptors (Lipinski definition) is 3. The van der Waals surface area contributed by atoms with Crippen molar-refractivity contribution in [1.82, 2.24) is 15.5 Å². The van der Waals surface area contributed by atoms with E-state index in [1.54, 1.807) is 6.20 Å². The summed E-state index contributed by atoms with van der Waals surface area (Å²) in [5, 5.41) is 13.0. The van der Waals surface area contributed by atoms with Gasteiger partial charge in [0.15, 0.2) is 0 Å². The fraction of sp³-hybridized carbons (Fsp3) is 0.692. The monoisotopic (exact) mass is 250 g/mol. The lowest BCUT2D eigenvalue weighted by atomic mass is 9.85. The lowest BCUT2D eigenvalue weighted by Crippen LogP contribution is -2.34. The molecule has 2 rings (SSSR count). The number of aryl methyl sites for hydroxylation is 1. The number of piperidine rings is 1. The van der Waals surface area contributed by atoms with Crippen LogP contribution in [-0.4, -0.2) is 29.2 Å². The molecular weight excluding hydrogens is 228 g/mol. The number of carbonyl (C=O) groups excluding carboxylic acids is 1. The Labute approximate surface area is 108 Å². The molecule has 0 spiro atoms. The predicted molar refractivity (Wildman–Crippen MR) is 71.3 cm³/mol. The molecule has 1 aromatic heterocycles. The van der Waals surface area contributed by atoms with Crippen molar-refractivity contribution in [3.63, 3.8) is 0 Å². The van der Waals surface area contributed by atoms with E-state index in [1.807, 2.05) is 6.92 Å². The second-order valence-electron chi connectivity index (χ2n) is 5.26. The van der Waals surface area contributed by atoms with Gasteiger partial charge < -0.3 is 10.6 Å². The third-order valence-corrected chi connectivity index (χ3v) is 3.74. The molecule has 18 heavy (non-hydrogen) atoms. The molecule has 3 N–H and O–H groups in total. The van der Waals surface area contributed by atoms with Gasteiger partial charge in [-0.25, -0.2) is 0 Å². The van der Waals surface area contributed by atoms with Crippen molar-refractivity contribution in [3.05, 3.63) is 11.8 Å². The van der Waals surface area contributed by atoms with E-state index >= 15 is 0 Å². The van der Waals surface area contributed by atoms with E-state index in [1.165, 1.54) is 12.8 Å². The summed E-state index contributed by atoms with van der Waals surface area (Å²) in [5.41, 5.74) is 0.968. The number of amides is 1. The molecule has 1 aliphatic heterocycles. The molecule has 5 nitrogen and oxygen atoms in total. The van der Waals surface area contributed by atoms with E-state index in [0.29, 0.717) is 24.1 Å². The summed E-state index contributed by atoms with van der Waals surface area (Å²) in [4.78, 5) is 11.9. The third kappa shape index (κ3) is 3.32. The minimum Gasteiger partial charge on any atom is -0.316 e. The normalized spacial score (nSPS) is 21.6. The largest absolute Gasteiger partial charge is 0.316 e. The van der Waals surface area contributed by atoms with E-state index in [2.05, 4.69) is 27.8 Å². The van der Waals surface area contributed by atoms with Crippen LogP contribution < -0.4 is 10.6 Å². The van der Waals surface area contributed by atoms with E-state index in [0.717, 1.165) is 18.7 Å². The summed E-state index contributed by atoms with van der Waals surface area (Å²) in [5.74, 6) is 1.82. The van der Waals surface area contributed by atoms with Crippen molar-refractivity contribution in [2.24, 2.45) is 11.8 Å². The summed E-state index contributed by atoms with van der Waals surface area (Å²) in [6.45, 7) is 6.24. The van der Waals surface area contributed by atoms with E-state index in [4.69, 9.17) is 0 Å². The van der Waals surface area contributed by atoms with Crippen LogP contribution in [0, 0.1) is 18.8 Å². The van der Waals surface area contributed by atoms with Crippen LogP contribution in [0.3, 0.4) is 0 Å². The number of nitrogens with zero attached hydrogens (tertiary/aromatic N) is 1. The summed E-state index contributed by atoms with van der Waals surface area (Å²) >= 11 is 0. The molecule has 0 aliphatic carbocycles. The van der Waals surface area contributed by atoms with Gasteiger partial charge in [-0.2, -0.15) is 5.10 Å². The second kappa shape index (κ2) is 6.00. The first-order chi connectivity index (χ1) is 8.66. The molecule has 1 aromatic rings. The van der Waals surface area contributed by atoms with Gasteiger partial charge in [0.2, 0.25) is 5.91 Å². The molecule has 0 bridgehead atoms. The molecule has 1 aliphatic rings. The van der Waals surface area contributed by atoms with Gasteiger partial charge in [0.05, 0.1) is 6.20 Å². The van der Waals surface area contributed by atoms with E-state index < -0.39 is 0 Å². The molecule has 1 amide bonds. The molecule has 1 saturated heterocycles. The van der Waals surface area contributed by atoms with Crippen molar-refractivity contribution < 1.29 is 4.79 Å². The molecule has 0 radical (unpaired) electrons. The molecular formula is C13H22N4O. The quantitative estimate of drug-likeness (QED) is 0.761. The number of nitrogens with one attached hydrogen (secondary N) is 3. The van der Waals surface area contributed by atoms with Crippen molar-refractivity contribution in [2.75, 3.05) is 18.4 Å². The standard InChI is InChI=1S/C13H22N4O/c1-9(11-4-3-5-14-8-11)6-12(18)16-13-10(2)7-15-17-13/h7,9,11,14H,3-6,8H2,1-2H3,(H2,15,16,17,18). The Morgan fingerprint density at radius 3 is 3.11 bits per heavy atom. The molecule has 2 heterocycles. The number of H-pyrrole nitrogens is 1. The molecule has 0 aromatic carbocycles. The molecule has 100 valence electrons. The Kier molecular flexibility index (Phi) is 4.36. The Bertz CT molecular complexity index is 395. The van der Waals surface area contributed by atoms with Gasteiger partial charge in [0, 0.05) is 12.0 Å². The average Bonchev–Trinajstić information content (AvgIpc) is 2.76. The Balaban J connectivity index is 1.81. The van der Waals surface area contributed by atoms with Crippen LogP contribution in [0.15, 0.2) is 6.20 Å². The summed E-state index contributed by atoms with van der Waals surface area (Å²) < 4.78 is 0. The number of aromatic nitrogens is 2.